The summed E-state index contributed by atoms with van der Waals surface area (Å²) in [4.78, 5) is 2.30. The summed E-state index contributed by atoms with van der Waals surface area (Å²) in [6.45, 7) is 3.96. The van der Waals surface area contributed by atoms with Crippen LogP contribution in [0.4, 0.5) is 5.69 Å². The third-order valence-corrected chi connectivity index (χ3v) is 3.15. The first-order chi connectivity index (χ1) is 8.81. The van der Waals surface area contributed by atoms with E-state index in [1.807, 2.05) is 24.3 Å². The Morgan fingerprint density at radius 1 is 0.944 bits per heavy atom. The van der Waals surface area contributed by atoms with Gasteiger partial charge in [0.1, 0.15) is 0 Å². The molecular formula is C16H20N2. The van der Waals surface area contributed by atoms with Gasteiger partial charge in [-0.2, -0.15) is 0 Å². The molecular weight excluding hydrogens is 220 g/mol. The molecule has 0 bridgehead atoms. The average Bonchev–Trinajstić information content (AvgIpc) is 2.46. The number of nitrogens with two attached hydrogens (primary N) is 1. The maximum Gasteiger partial charge on any atom is 0.0473 e. The van der Waals surface area contributed by atoms with Crippen LogP contribution in [0.25, 0.3) is 0 Å². The second kappa shape index (κ2) is 6.22. The number of anilines is 1. The zero-order chi connectivity index (χ0) is 12.8. The summed E-state index contributed by atoms with van der Waals surface area (Å²) in [6.07, 6.45) is 0. The van der Waals surface area contributed by atoms with Crippen LogP contribution >= 0.6 is 0 Å². The summed E-state index contributed by atoms with van der Waals surface area (Å²) >= 11 is 0. The van der Waals surface area contributed by atoms with Gasteiger partial charge in [-0.15, -0.1) is 0 Å². The molecule has 2 aromatic rings. The number of para-hydroxylation sites is 1. The number of benzene rings is 2. The van der Waals surface area contributed by atoms with Crippen LogP contribution in [0, 0.1) is 0 Å². The van der Waals surface area contributed by atoms with Gasteiger partial charge in [-0.1, -0.05) is 48.5 Å². The Hall–Kier alpha value is -1.80. The van der Waals surface area contributed by atoms with Gasteiger partial charge >= 0.3 is 0 Å². The predicted octanol–water partition coefficient (Wildman–Crippen LogP) is 3.21. The fourth-order valence-corrected chi connectivity index (χ4v) is 2.10. The van der Waals surface area contributed by atoms with Crippen molar-refractivity contribution in [2.45, 2.75) is 13.0 Å². The van der Waals surface area contributed by atoms with Crippen molar-refractivity contribution in [1.82, 2.24) is 0 Å². The lowest BCUT2D eigenvalue weighted by atomic mass is 10.1. The summed E-state index contributed by atoms with van der Waals surface area (Å²) < 4.78 is 0. The van der Waals surface area contributed by atoms with Crippen LogP contribution in [-0.4, -0.2) is 13.1 Å². The molecule has 1 unspecified atom stereocenters. The topological polar surface area (TPSA) is 29.3 Å². The minimum Gasteiger partial charge on any atom is -0.370 e. The summed E-state index contributed by atoms with van der Waals surface area (Å²) in [5.41, 5.74) is 8.68. The zero-order valence-corrected chi connectivity index (χ0v) is 10.8. The molecule has 0 aromatic heterocycles. The van der Waals surface area contributed by atoms with E-state index in [2.05, 4.69) is 48.2 Å². The van der Waals surface area contributed by atoms with Crippen LogP contribution in [0.5, 0.6) is 0 Å². The monoisotopic (exact) mass is 240 g/mol. The molecule has 0 aliphatic rings. The third kappa shape index (κ3) is 3.11. The smallest absolute Gasteiger partial charge is 0.0473 e. The second-order valence-electron chi connectivity index (χ2n) is 4.39. The van der Waals surface area contributed by atoms with E-state index in [4.69, 9.17) is 5.73 Å². The maximum atomic E-state index is 6.27. The number of hydrogen-bond acceptors (Lipinski definition) is 2. The number of nitrogens with zero attached hydrogens (tertiary/aromatic N) is 1. The van der Waals surface area contributed by atoms with Gasteiger partial charge in [0.15, 0.2) is 0 Å². The van der Waals surface area contributed by atoms with Crippen molar-refractivity contribution in [2.75, 3.05) is 18.0 Å². The van der Waals surface area contributed by atoms with Gasteiger partial charge in [0, 0.05) is 24.8 Å². The molecule has 0 spiro atoms. The Balaban J connectivity index is 2.07. The molecule has 18 heavy (non-hydrogen) atoms. The van der Waals surface area contributed by atoms with E-state index in [0.29, 0.717) is 0 Å². The van der Waals surface area contributed by atoms with Gasteiger partial charge < -0.3 is 10.6 Å². The van der Waals surface area contributed by atoms with Crippen molar-refractivity contribution in [3.63, 3.8) is 0 Å². The molecule has 1 atom stereocenters. The highest BCUT2D eigenvalue weighted by Crippen LogP contribution is 2.17. The zero-order valence-electron chi connectivity index (χ0n) is 10.8. The van der Waals surface area contributed by atoms with E-state index in [-0.39, 0.29) is 6.04 Å². The van der Waals surface area contributed by atoms with Crippen LogP contribution in [0.3, 0.4) is 0 Å². The Bertz CT molecular complexity index is 453. The van der Waals surface area contributed by atoms with Crippen molar-refractivity contribution >= 4 is 5.69 Å². The molecule has 0 fully saturated rings. The molecule has 2 heteroatoms. The van der Waals surface area contributed by atoms with Crippen LogP contribution in [0.2, 0.25) is 0 Å². The molecule has 0 radical (unpaired) electrons. The Kier molecular flexibility index (Phi) is 4.37. The van der Waals surface area contributed by atoms with Crippen molar-refractivity contribution in [3.05, 3.63) is 66.2 Å². The molecule has 2 rings (SSSR count). The Labute approximate surface area is 109 Å². The fraction of sp³-hybridized carbons (Fsp3) is 0.250. The standard InChI is InChI=1S/C16H20N2/c1-2-18(15-11-7-4-8-12-15)13-16(17)14-9-5-3-6-10-14/h3-12,16H,2,13,17H2,1H3. The highest BCUT2D eigenvalue weighted by atomic mass is 15.1. The third-order valence-electron chi connectivity index (χ3n) is 3.15. The Morgan fingerprint density at radius 2 is 1.50 bits per heavy atom. The van der Waals surface area contributed by atoms with Gasteiger partial charge in [-0.05, 0) is 24.6 Å². The first-order valence-electron chi connectivity index (χ1n) is 6.41. The van der Waals surface area contributed by atoms with E-state index in [1.54, 1.807) is 0 Å². The first-order valence-corrected chi connectivity index (χ1v) is 6.41. The highest BCUT2D eigenvalue weighted by molar-refractivity contribution is 5.46. The number of rotatable bonds is 5. The lowest BCUT2D eigenvalue weighted by Crippen LogP contribution is -2.32. The van der Waals surface area contributed by atoms with Crippen molar-refractivity contribution < 1.29 is 0 Å². The molecule has 2 N–H and O–H groups in total. The number of hydrogen-bond donors (Lipinski definition) is 1. The largest absolute Gasteiger partial charge is 0.370 e. The summed E-state index contributed by atoms with van der Waals surface area (Å²) in [6, 6.07) is 20.7. The number of likely N-dealkylation sites (N-methyl/N-ethyl adjacent to an activating group) is 1. The predicted molar refractivity (Wildman–Crippen MR) is 77.7 cm³/mol. The van der Waals surface area contributed by atoms with E-state index in [9.17, 15) is 0 Å². The van der Waals surface area contributed by atoms with Crippen molar-refractivity contribution in [3.8, 4) is 0 Å². The minimum atomic E-state index is 0.0476. The SMILES string of the molecule is CCN(CC(N)c1ccccc1)c1ccccc1. The van der Waals surface area contributed by atoms with Crippen molar-refractivity contribution in [2.24, 2.45) is 5.73 Å². The van der Waals surface area contributed by atoms with Gasteiger partial charge in [0.25, 0.3) is 0 Å². The lowest BCUT2D eigenvalue weighted by Gasteiger charge is -2.26. The van der Waals surface area contributed by atoms with Gasteiger partial charge in [-0.3, -0.25) is 0 Å². The quantitative estimate of drug-likeness (QED) is 0.869. The fourth-order valence-electron chi connectivity index (χ4n) is 2.10. The van der Waals surface area contributed by atoms with Crippen LogP contribution in [-0.2, 0) is 0 Å². The Morgan fingerprint density at radius 3 is 2.06 bits per heavy atom. The van der Waals surface area contributed by atoms with E-state index < -0.39 is 0 Å². The first kappa shape index (κ1) is 12.7. The molecule has 0 heterocycles. The van der Waals surface area contributed by atoms with Crippen LogP contribution < -0.4 is 10.6 Å². The summed E-state index contributed by atoms with van der Waals surface area (Å²) in [7, 11) is 0. The lowest BCUT2D eigenvalue weighted by molar-refractivity contribution is 0.677. The molecule has 0 aliphatic carbocycles. The van der Waals surface area contributed by atoms with Crippen LogP contribution in [0.15, 0.2) is 60.7 Å². The molecule has 0 saturated heterocycles. The van der Waals surface area contributed by atoms with E-state index >= 15 is 0 Å². The van der Waals surface area contributed by atoms with Crippen molar-refractivity contribution in [1.29, 1.82) is 0 Å². The molecule has 94 valence electrons. The molecule has 0 aliphatic heterocycles. The molecule has 0 saturated carbocycles. The summed E-state index contributed by atoms with van der Waals surface area (Å²) in [5, 5.41) is 0. The maximum absolute atomic E-state index is 6.27. The van der Waals surface area contributed by atoms with Gasteiger partial charge in [0.05, 0.1) is 0 Å². The summed E-state index contributed by atoms with van der Waals surface area (Å²) in [5.74, 6) is 0. The second-order valence-corrected chi connectivity index (χ2v) is 4.39. The normalized spacial score (nSPS) is 12.1. The van der Waals surface area contributed by atoms with E-state index in [1.165, 1.54) is 11.3 Å². The minimum absolute atomic E-state index is 0.0476. The van der Waals surface area contributed by atoms with Gasteiger partial charge in [-0.25, -0.2) is 0 Å². The molecule has 2 aromatic carbocycles. The highest BCUT2D eigenvalue weighted by Gasteiger charge is 2.11. The van der Waals surface area contributed by atoms with Gasteiger partial charge in [0.2, 0.25) is 0 Å². The average molecular weight is 240 g/mol. The van der Waals surface area contributed by atoms with E-state index in [0.717, 1.165) is 13.1 Å². The van der Waals surface area contributed by atoms with Crippen LogP contribution in [0.1, 0.15) is 18.5 Å². The molecule has 2 nitrogen and oxygen atoms in total. The molecule has 0 amide bonds.